The molecule has 2 saturated carbocycles. The number of benzene rings is 1. The van der Waals surface area contributed by atoms with Crippen LogP contribution in [0, 0.1) is 12.3 Å². The van der Waals surface area contributed by atoms with Crippen molar-refractivity contribution < 1.29 is 0 Å². The van der Waals surface area contributed by atoms with Crippen molar-refractivity contribution in [1.29, 1.82) is 0 Å². The van der Waals surface area contributed by atoms with E-state index in [-0.39, 0.29) is 0 Å². The van der Waals surface area contributed by atoms with Crippen LogP contribution >= 0.6 is 23.4 Å². The Kier molecular flexibility index (Phi) is 5.72. The molecule has 0 radical (unpaired) electrons. The predicted octanol–water partition coefficient (Wildman–Crippen LogP) is 7.50. The Balaban J connectivity index is 1.48. The lowest BCUT2D eigenvalue weighted by Crippen LogP contribution is -2.57. The second-order valence-corrected chi connectivity index (χ2v) is 10.9. The van der Waals surface area contributed by atoms with Crippen molar-refractivity contribution in [3.8, 4) is 0 Å². The molecule has 2 heterocycles. The van der Waals surface area contributed by atoms with E-state index in [1.807, 2.05) is 0 Å². The van der Waals surface area contributed by atoms with Gasteiger partial charge in [-0.3, -0.25) is 0 Å². The normalized spacial score (nSPS) is 19.9. The average molecular weight is 454 g/mol. The third-order valence-corrected chi connectivity index (χ3v) is 8.48. The average Bonchev–Trinajstić information content (AvgIpc) is 3.59. The molecule has 5 rings (SSSR count). The van der Waals surface area contributed by atoms with Gasteiger partial charge in [0.05, 0.1) is 10.7 Å². The fraction of sp³-hybridized carbons (Fsp3) is 0.500. The highest BCUT2D eigenvalue weighted by atomic mass is 35.5. The molecule has 3 nitrogen and oxygen atoms in total. The van der Waals surface area contributed by atoms with Gasteiger partial charge in [0.15, 0.2) is 0 Å². The van der Waals surface area contributed by atoms with E-state index < -0.39 is 0 Å². The van der Waals surface area contributed by atoms with Gasteiger partial charge in [-0.15, -0.1) is 11.8 Å². The first kappa shape index (κ1) is 21.2. The highest BCUT2D eigenvalue weighted by molar-refractivity contribution is 7.98. The molecule has 5 heteroatoms. The monoisotopic (exact) mass is 453 g/mol. The maximum atomic E-state index is 6.85. The third kappa shape index (κ3) is 4.09. The predicted molar refractivity (Wildman–Crippen MR) is 135 cm³/mol. The molecule has 0 amide bonds. The van der Waals surface area contributed by atoms with E-state index in [0.29, 0.717) is 11.3 Å². The van der Waals surface area contributed by atoms with E-state index in [4.69, 9.17) is 16.6 Å². The Morgan fingerprint density at radius 1 is 1.23 bits per heavy atom. The summed E-state index contributed by atoms with van der Waals surface area (Å²) in [5, 5.41) is 4.38. The Morgan fingerprint density at radius 2 is 1.97 bits per heavy atom. The molecule has 31 heavy (non-hydrogen) atoms. The summed E-state index contributed by atoms with van der Waals surface area (Å²) in [6, 6.07) is 8.47. The van der Waals surface area contributed by atoms with Gasteiger partial charge in [-0.05, 0) is 62.6 Å². The number of halogens is 1. The van der Waals surface area contributed by atoms with Crippen LogP contribution in [-0.4, -0.2) is 24.3 Å². The molecule has 164 valence electrons. The van der Waals surface area contributed by atoms with E-state index in [1.54, 1.807) is 11.8 Å². The third-order valence-electron chi connectivity index (χ3n) is 7.28. The minimum Gasteiger partial charge on any atom is -0.355 e. The summed E-state index contributed by atoms with van der Waals surface area (Å²) < 4.78 is 0. The molecule has 1 aliphatic heterocycles. The molecule has 1 aromatic carbocycles. The fourth-order valence-electron chi connectivity index (χ4n) is 5.37. The zero-order valence-electron chi connectivity index (χ0n) is 18.6. The number of hydrogen-bond acceptors (Lipinski definition) is 4. The maximum Gasteiger partial charge on any atom is 0.138 e. The number of aromatic nitrogens is 1. The van der Waals surface area contributed by atoms with Crippen LogP contribution < -0.4 is 10.2 Å². The molecule has 2 aromatic rings. The van der Waals surface area contributed by atoms with Crippen molar-refractivity contribution in [3.63, 3.8) is 0 Å². The van der Waals surface area contributed by atoms with E-state index >= 15 is 0 Å². The zero-order valence-corrected chi connectivity index (χ0v) is 20.2. The van der Waals surface area contributed by atoms with Crippen LogP contribution in [0.5, 0.6) is 0 Å². The molecule has 2 aliphatic carbocycles. The number of pyridine rings is 1. The minimum atomic E-state index is 0.506. The van der Waals surface area contributed by atoms with Gasteiger partial charge in [-0.25, -0.2) is 4.98 Å². The Hall–Kier alpha value is -1.65. The molecule has 0 unspecified atom stereocenters. The van der Waals surface area contributed by atoms with Gasteiger partial charge in [0.25, 0.3) is 0 Å². The Morgan fingerprint density at radius 3 is 2.65 bits per heavy atom. The summed E-state index contributed by atoms with van der Waals surface area (Å²) in [4.78, 5) is 8.90. The summed E-state index contributed by atoms with van der Waals surface area (Å²) in [6.07, 6.45) is 11.4. The maximum absolute atomic E-state index is 6.85. The fourth-order valence-corrected chi connectivity index (χ4v) is 6.13. The second kappa shape index (κ2) is 8.37. The topological polar surface area (TPSA) is 28.2 Å². The second-order valence-electron chi connectivity index (χ2n) is 9.66. The first-order valence-corrected chi connectivity index (χ1v) is 13.2. The molecule has 0 atom stereocenters. The van der Waals surface area contributed by atoms with Crippen molar-refractivity contribution in [2.24, 2.45) is 5.41 Å². The van der Waals surface area contributed by atoms with Crippen molar-refractivity contribution in [3.05, 3.63) is 52.7 Å². The highest BCUT2D eigenvalue weighted by Gasteiger charge is 2.45. The standard InChI is InChI=1S/C26H32ClN3S/c1-17-22(18(2)28-20-8-7-9-21(14-20)31-3)25(29-24(23(17)27)19-10-11-19)30-15-26(16-30)12-5-4-6-13-26/h7-9,14,19,28H,2,4-6,10-13,15-16H2,1,3H3. The molecule has 3 aliphatic rings. The minimum absolute atomic E-state index is 0.506. The van der Waals surface area contributed by atoms with E-state index in [0.717, 1.165) is 52.1 Å². The summed E-state index contributed by atoms with van der Waals surface area (Å²) in [5.41, 5.74) is 5.72. The number of rotatable bonds is 6. The van der Waals surface area contributed by atoms with Crippen LogP contribution in [0.15, 0.2) is 35.7 Å². The summed E-state index contributed by atoms with van der Waals surface area (Å²) >= 11 is 8.60. The largest absolute Gasteiger partial charge is 0.355 e. The Labute approximate surface area is 195 Å². The van der Waals surface area contributed by atoms with Crippen molar-refractivity contribution in [1.82, 2.24) is 4.98 Å². The lowest BCUT2D eigenvalue weighted by molar-refractivity contribution is 0.138. The van der Waals surface area contributed by atoms with Gasteiger partial charge in [0.2, 0.25) is 0 Å². The molecule has 1 N–H and O–H groups in total. The van der Waals surface area contributed by atoms with Gasteiger partial charge in [-0.2, -0.15) is 0 Å². The molecule has 1 aromatic heterocycles. The quantitative estimate of drug-likeness (QED) is 0.458. The highest BCUT2D eigenvalue weighted by Crippen LogP contribution is 2.50. The van der Waals surface area contributed by atoms with Gasteiger partial charge < -0.3 is 10.2 Å². The van der Waals surface area contributed by atoms with Gasteiger partial charge in [0.1, 0.15) is 5.82 Å². The number of nitrogens with one attached hydrogen (secondary N) is 1. The molecular weight excluding hydrogens is 422 g/mol. The van der Waals surface area contributed by atoms with Crippen molar-refractivity contribution >= 4 is 40.6 Å². The lowest BCUT2D eigenvalue weighted by Gasteiger charge is -2.53. The van der Waals surface area contributed by atoms with E-state index in [9.17, 15) is 0 Å². The molecule has 1 saturated heterocycles. The molecule has 0 bridgehead atoms. The van der Waals surface area contributed by atoms with Crippen molar-refractivity contribution in [2.45, 2.75) is 62.7 Å². The van der Waals surface area contributed by atoms with Crippen LogP contribution in [0.4, 0.5) is 11.5 Å². The van der Waals surface area contributed by atoms with Crippen molar-refractivity contribution in [2.75, 3.05) is 29.6 Å². The number of anilines is 2. The van der Waals surface area contributed by atoms with Crippen LogP contribution in [0.25, 0.3) is 5.70 Å². The van der Waals surface area contributed by atoms with E-state index in [2.05, 4.69) is 54.2 Å². The number of hydrogen-bond donors (Lipinski definition) is 1. The van der Waals surface area contributed by atoms with Crippen LogP contribution in [0.3, 0.4) is 0 Å². The molecule has 3 fully saturated rings. The number of nitrogens with zero attached hydrogens (tertiary/aromatic N) is 2. The zero-order chi connectivity index (χ0) is 21.6. The number of thioether (sulfide) groups is 1. The van der Waals surface area contributed by atoms with Gasteiger partial charge in [0, 0.05) is 46.3 Å². The Bertz CT molecular complexity index is 1000. The van der Waals surface area contributed by atoms with Crippen LogP contribution in [0.2, 0.25) is 5.02 Å². The van der Waals surface area contributed by atoms with E-state index in [1.165, 1.54) is 49.8 Å². The molecule has 1 spiro atoms. The molecular formula is C26H32ClN3S. The summed E-state index contributed by atoms with van der Waals surface area (Å²) in [6.45, 7) is 8.80. The SMILES string of the molecule is C=C(Nc1cccc(SC)c1)c1c(N2CC3(CCCCC3)C2)nc(C2CC2)c(Cl)c1C. The summed E-state index contributed by atoms with van der Waals surface area (Å²) in [7, 11) is 0. The first-order chi connectivity index (χ1) is 15.0. The lowest BCUT2D eigenvalue weighted by atomic mass is 9.68. The van der Waals surface area contributed by atoms with Crippen LogP contribution in [0.1, 0.15) is 67.7 Å². The van der Waals surface area contributed by atoms with Gasteiger partial charge >= 0.3 is 0 Å². The smallest absolute Gasteiger partial charge is 0.138 e. The summed E-state index contributed by atoms with van der Waals surface area (Å²) in [5.74, 6) is 1.61. The first-order valence-electron chi connectivity index (χ1n) is 11.5. The van der Waals surface area contributed by atoms with Crippen LogP contribution in [-0.2, 0) is 0 Å². The van der Waals surface area contributed by atoms with Gasteiger partial charge in [-0.1, -0.05) is 43.5 Å².